The second-order valence-corrected chi connectivity index (χ2v) is 6.87. The molecule has 1 saturated heterocycles. The molecule has 0 atom stereocenters. The van der Waals surface area contributed by atoms with Crippen molar-refractivity contribution in [3.63, 3.8) is 0 Å². The van der Waals surface area contributed by atoms with Crippen molar-refractivity contribution < 1.29 is 14.2 Å². The molecule has 2 heterocycles. The largest absolute Gasteiger partial charge is 0.493 e. The Bertz CT molecular complexity index is 748. The average Bonchev–Trinajstić information content (AvgIpc) is 3.26. The molecule has 2 aromatic rings. The van der Waals surface area contributed by atoms with E-state index in [1.807, 2.05) is 23.7 Å². The van der Waals surface area contributed by atoms with E-state index in [1.165, 1.54) is 0 Å². The monoisotopic (exact) mass is 391 g/mol. The first-order valence-electron chi connectivity index (χ1n) is 8.64. The molecule has 1 aliphatic heterocycles. The molecule has 1 fully saturated rings. The fourth-order valence-electron chi connectivity index (χ4n) is 3.00. The molecule has 1 aromatic heterocycles. The van der Waals surface area contributed by atoms with E-state index in [4.69, 9.17) is 19.9 Å². The number of anilines is 1. The van der Waals surface area contributed by atoms with Crippen LogP contribution in [0, 0.1) is 0 Å². The number of aliphatic imine (C=N–C) groups is 1. The fourth-order valence-corrected chi connectivity index (χ4v) is 3.69. The summed E-state index contributed by atoms with van der Waals surface area (Å²) in [6.45, 7) is 3.85. The van der Waals surface area contributed by atoms with Gasteiger partial charge in [-0.3, -0.25) is 0 Å². The van der Waals surface area contributed by atoms with Gasteiger partial charge in [0.25, 0.3) is 0 Å². The Hall–Kier alpha value is -2.68. The van der Waals surface area contributed by atoms with Crippen molar-refractivity contribution in [1.82, 2.24) is 9.88 Å². The van der Waals surface area contributed by atoms with Crippen molar-refractivity contribution in [3.8, 4) is 17.2 Å². The van der Waals surface area contributed by atoms with E-state index in [2.05, 4.69) is 19.8 Å². The number of rotatable bonds is 6. The van der Waals surface area contributed by atoms with Gasteiger partial charge in [0.2, 0.25) is 5.75 Å². The van der Waals surface area contributed by atoms with Crippen molar-refractivity contribution in [2.45, 2.75) is 6.54 Å². The van der Waals surface area contributed by atoms with Crippen molar-refractivity contribution >= 4 is 22.4 Å². The highest BCUT2D eigenvalue weighted by molar-refractivity contribution is 7.13. The Kier molecular flexibility index (Phi) is 6.23. The zero-order valence-corrected chi connectivity index (χ0v) is 16.7. The van der Waals surface area contributed by atoms with Gasteiger partial charge in [-0.15, -0.1) is 11.3 Å². The lowest BCUT2D eigenvalue weighted by Crippen LogP contribution is -2.51. The third-order valence-electron chi connectivity index (χ3n) is 4.44. The van der Waals surface area contributed by atoms with Crippen molar-refractivity contribution in [2.24, 2.45) is 10.7 Å². The Morgan fingerprint density at radius 3 is 2.30 bits per heavy atom. The molecule has 9 heteroatoms. The van der Waals surface area contributed by atoms with Crippen molar-refractivity contribution in [1.29, 1.82) is 0 Å². The molecule has 2 N–H and O–H groups in total. The van der Waals surface area contributed by atoms with E-state index in [9.17, 15) is 0 Å². The standard InChI is InChI=1S/C18H25N5O3S/c1-24-14-10-13(11-15(25-2)16(14)26-3)12-21-17(19)22-5-7-23(8-6-22)18-20-4-9-27-18/h4,9-11H,5-8,12H2,1-3H3,(H2,19,21). The van der Waals surface area contributed by atoms with Gasteiger partial charge >= 0.3 is 0 Å². The maximum Gasteiger partial charge on any atom is 0.203 e. The number of hydrogen-bond acceptors (Lipinski definition) is 7. The van der Waals surface area contributed by atoms with Crippen molar-refractivity contribution in [3.05, 3.63) is 29.3 Å². The first-order valence-corrected chi connectivity index (χ1v) is 9.52. The van der Waals surface area contributed by atoms with E-state index in [-0.39, 0.29) is 0 Å². The minimum absolute atomic E-state index is 0.440. The summed E-state index contributed by atoms with van der Waals surface area (Å²) in [5.74, 6) is 2.33. The molecule has 3 rings (SSSR count). The summed E-state index contributed by atoms with van der Waals surface area (Å²) in [6, 6.07) is 3.77. The van der Waals surface area contributed by atoms with Crippen LogP contribution in [0.25, 0.3) is 0 Å². The number of methoxy groups -OCH3 is 3. The molecular formula is C18H25N5O3S. The number of guanidine groups is 1. The molecule has 1 aromatic carbocycles. The number of benzene rings is 1. The van der Waals surface area contributed by atoms with E-state index >= 15 is 0 Å². The lowest BCUT2D eigenvalue weighted by Gasteiger charge is -2.35. The Morgan fingerprint density at radius 1 is 1.11 bits per heavy atom. The smallest absolute Gasteiger partial charge is 0.203 e. The van der Waals surface area contributed by atoms with Gasteiger partial charge in [-0.05, 0) is 17.7 Å². The molecule has 0 saturated carbocycles. The van der Waals surface area contributed by atoms with Crippen LogP contribution in [0.2, 0.25) is 0 Å². The summed E-state index contributed by atoms with van der Waals surface area (Å²) in [5.41, 5.74) is 7.15. The van der Waals surface area contributed by atoms with E-state index in [0.29, 0.717) is 29.8 Å². The number of nitrogens with zero attached hydrogens (tertiary/aromatic N) is 4. The molecule has 0 unspecified atom stereocenters. The molecule has 0 bridgehead atoms. The lowest BCUT2D eigenvalue weighted by atomic mass is 10.2. The van der Waals surface area contributed by atoms with Gasteiger partial charge in [0.1, 0.15) is 0 Å². The highest BCUT2D eigenvalue weighted by atomic mass is 32.1. The number of piperazine rings is 1. The second kappa shape index (κ2) is 8.81. The molecule has 0 radical (unpaired) electrons. The maximum atomic E-state index is 6.21. The SMILES string of the molecule is COc1cc(CN=C(N)N2CCN(c3nccs3)CC2)cc(OC)c1OC. The van der Waals surface area contributed by atoms with Crippen LogP contribution in [0.15, 0.2) is 28.7 Å². The number of thiazole rings is 1. The molecule has 0 amide bonds. The number of ether oxygens (including phenoxy) is 3. The van der Waals surface area contributed by atoms with Crippen LogP contribution in [0.3, 0.4) is 0 Å². The molecule has 27 heavy (non-hydrogen) atoms. The summed E-state index contributed by atoms with van der Waals surface area (Å²) < 4.78 is 16.1. The summed E-state index contributed by atoms with van der Waals surface area (Å²) in [7, 11) is 4.78. The highest BCUT2D eigenvalue weighted by Crippen LogP contribution is 2.38. The summed E-state index contributed by atoms with van der Waals surface area (Å²) >= 11 is 1.66. The summed E-state index contributed by atoms with van der Waals surface area (Å²) in [6.07, 6.45) is 1.83. The zero-order valence-electron chi connectivity index (χ0n) is 15.8. The third-order valence-corrected chi connectivity index (χ3v) is 5.27. The molecular weight excluding hydrogens is 366 g/mol. The summed E-state index contributed by atoms with van der Waals surface area (Å²) in [5, 5.41) is 3.05. The highest BCUT2D eigenvalue weighted by Gasteiger charge is 2.20. The van der Waals surface area contributed by atoms with Crippen LogP contribution >= 0.6 is 11.3 Å². The second-order valence-electron chi connectivity index (χ2n) is 6.00. The minimum atomic E-state index is 0.440. The molecule has 1 aliphatic rings. The van der Waals surface area contributed by atoms with Crippen LogP contribution in [0.4, 0.5) is 5.13 Å². The van der Waals surface area contributed by atoms with Gasteiger partial charge < -0.3 is 29.7 Å². The minimum Gasteiger partial charge on any atom is -0.493 e. The van der Waals surface area contributed by atoms with Crippen molar-refractivity contribution in [2.75, 3.05) is 52.4 Å². The molecule has 8 nitrogen and oxygen atoms in total. The van der Waals surface area contributed by atoms with Gasteiger partial charge in [-0.2, -0.15) is 0 Å². The van der Waals surface area contributed by atoms with Gasteiger partial charge in [0.15, 0.2) is 22.6 Å². The normalized spacial score (nSPS) is 15.0. The lowest BCUT2D eigenvalue weighted by molar-refractivity contribution is 0.324. The topological polar surface area (TPSA) is 85.4 Å². The first kappa shape index (κ1) is 19.1. The number of aromatic nitrogens is 1. The van der Waals surface area contributed by atoms with Crippen LogP contribution < -0.4 is 24.8 Å². The van der Waals surface area contributed by atoms with Crippen LogP contribution in [0.5, 0.6) is 17.2 Å². The van der Waals surface area contributed by atoms with Gasteiger partial charge in [0, 0.05) is 37.8 Å². The number of hydrogen-bond donors (Lipinski definition) is 1. The Labute approximate surface area is 163 Å². The average molecular weight is 391 g/mol. The summed E-state index contributed by atoms with van der Waals surface area (Å²) in [4.78, 5) is 13.3. The van der Waals surface area contributed by atoms with Gasteiger partial charge in [-0.1, -0.05) is 0 Å². The van der Waals surface area contributed by atoms with Crippen LogP contribution in [0.1, 0.15) is 5.56 Å². The first-order chi connectivity index (χ1) is 13.2. The Morgan fingerprint density at radius 2 is 1.78 bits per heavy atom. The van der Waals surface area contributed by atoms with E-state index in [1.54, 1.807) is 32.7 Å². The molecule has 146 valence electrons. The van der Waals surface area contributed by atoms with Crippen LogP contribution in [-0.4, -0.2) is 63.4 Å². The zero-order chi connectivity index (χ0) is 19.2. The molecule has 0 spiro atoms. The van der Waals surface area contributed by atoms with E-state index < -0.39 is 0 Å². The quantitative estimate of drug-likeness (QED) is 0.594. The van der Waals surface area contributed by atoms with E-state index in [0.717, 1.165) is 36.9 Å². The Balaban J connectivity index is 1.64. The molecule has 0 aliphatic carbocycles. The number of nitrogens with two attached hydrogens (primary N) is 1. The van der Waals surface area contributed by atoms with Gasteiger partial charge in [-0.25, -0.2) is 9.98 Å². The predicted octanol–water partition coefficient (Wildman–Crippen LogP) is 1.81. The van der Waals surface area contributed by atoms with Gasteiger partial charge in [0.05, 0.1) is 27.9 Å². The fraction of sp³-hybridized carbons (Fsp3) is 0.444. The van der Waals surface area contributed by atoms with Crippen LogP contribution in [-0.2, 0) is 6.54 Å². The maximum absolute atomic E-state index is 6.21. The third kappa shape index (κ3) is 4.36. The predicted molar refractivity (Wildman–Crippen MR) is 107 cm³/mol.